The van der Waals surface area contributed by atoms with Gasteiger partial charge in [0.25, 0.3) is 5.91 Å². The zero-order valence-corrected chi connectivity index (χ0v) is 16.5. The van der Waals surface area contributed by atoms with Crippen molar-refractivity contribution in [3.63, 3.8) is 0 Å². The van der Waals surface area contributed by atoms with Crippen molar-refractivity contribution in [3.8, 4) is 11.1 Å². The number of likely N-dealkylation sites (tertiary alicyclic amines) is 1. The summed E-state index contributed by atoms with van der Waals surface area (Å²) in [5.41, 5.74) is 5.06. The van der Waals surface area contributed by atoms with Gasteiger partial charge in [0.15, 0.2) is 5.69 Å². The monoisotopic (exact) mass is 398 g/mol. The van der Waals surface area contributed by atoms with E-state index in [9.17, 15) is 4.79 Å². The third-order valence-corrected chi connectivity index (χ3v) is 5.43. The predicted molar refractivity (Wildman–Crippen MR) is 116 cm³/mol. The average molecular weight is 398 g/mol. The third-order valence-electron chi connectivity index (χ3n) is 5.43. The molecular formula is C23H22N6O. The SMILES string of the molecule is O=C(Nc1cccnc1)c1n[nH]c2ccc(-c3cncc(CN4CCCC4)c3)cc12. The van der Waals surface area contributed by atoms with Crippen molar-refractivity contribution in [3.05, 3.63) is 72.4 Å². The van der Waals surface area contributed by atoms with E-state index in [1.54, 1.807) is 24.5 Å². The molecule has 1 saturated heterocycles. The van der Waals surface area contributed by atoms with Crippen LogP contribution in [0.4, 0.5) is 5.69 Å². The van der Waals surface area contributed by atoms with Crippen LogP contribution in [0, 0.1) is 0 Å². The number of carbonyl (C=O) groups excluding carboxylic acids is 1. The number of fused-ring (bicyclic) bond motifs is 1. The van der Waals surface area contributed by atoms with Gasteiger partial charge in [0.05, 0.1) is 17.4 Å². The number of anilines is 1. The Bertz CT molecular complexity index is 1180. The third kappa shape index (κ3) is 3.79. The molecule has 7 nitrogen and oxygen atoms in total. The Morgan fingerprint density at radius 2 is 1.93 bits per heavy atom. The fraction of sp³-hybridized carbons (Fsp3) is 0.217. The van der Waals surface area contributed by atoms with Gasteiger partial charge in [0.2, 0.25) is 0 Å². The first kappa shape index (κ1) is 18.4. The number of H-pyrrole nitrogens is 1. The van der Waals surface area contributed by atoms with Gasteiger partial charge in [0, 0.05) is 36.1 Å². The summed E-state index contributed by atoms with van der Waals surface area (Å²) in [4.78, 5) is 23.7. The predicted octanol–water partition coefficient (Wildman–Crippen LogP) is 3.87. The van der Waals surface area contributed by atoms with E-state index in [-0.39, 0.29) is 5.91 Å². The molecule has 1 amide bonds. The molecule has 1 fully saturated rings. The second kappa shape index (κ2) is 8.04. The molecule has 0 aliphatic carbocycles. The van der Waals surface area contributed by atoms with Gasteiger partial charge in [-0.25, -0.2) is 0 Å². The summed E-state index contributed by atoms with van der Waals surface area (Å²) in [7, 11) is 0. The van der Waals surface area contributed by atoms with Crippen LogP contribution in [0.25, 0.3) is 22.0 Å². The number of aromatic amines is 1. The van der Waals surface area contributed by atoms with Crippen molar-refractivity contribution >= 4 is 22.5 Å². The molecule has 0 bridgehead atoms. The maximum absolute atomic E-state index is 12.7. The number of hydrogen-bond donors (Lipinski definition) is 2. The Kier molecular flexibility index (Phi) is 4.94. The van der Waals surface area contributed by atoms with Gasteiger partial charge in [-0.2, -0.15) is 5.10 Å². The van der Waals surface area contributed by atoms with Crippen LogP contribution in [0.2, 0.25) is 0 Å². The summed E-state index contributed by atoms with van der Waals surface area (Å²) in [5.74, 6) is -0.271. The molecular weight excluding hydrogens is 376 g/mol. The number of nitrogens with one attached hydrogen (secondary N) is 2. The highest BCUT2D eigenvalue weighted by Crippen LogP contribution is 2.26. The Balaban J connectivity index is 1.43. The molecule has 0 radical (unpaired) electrons. The van der Waals surface area contributed by atoms with Crippen LogP contribution in [-0.4, -0.2) is 44.1 Å². The molecule has 2 N–H and O–H groups in total. The Morgan fingerprint density at radius 1 is 1.03 bits per heavy atom. The minimum Gasteiger partial charge on any atom is -0.319 e. The molecule has 1 aliphatic rings. The Labute approximate surface area is 174 Å². The molecule has 150 valence electrons. The smallest absolute Gasteiger partial charge is 0.276 e. The lowest BCUT2D eigenvalue weighted by Gasteiger charge is -2.14. The molecule has 0 unspecified atom stereocenters. The second-order valence-corrected chi connectivity index (χ2v) is 7.59. The molecule has 5 rings (SSSR count). The quantitative estimate of drug-likeness (QED) is 0.533. The standard InChI is InChI=1S/C23H22N6O/c30-23(26-19-4-3-7-24-14-19)22-20-11-17(5-6-21(20)27-28-22)18-10-16(12-25-13-18)15-29-8-1-2-9-29/h3-7,10-14H,1-2,8-9,15H2,(H,26,30)(H,27,28). The van der Waals surface area contributed by atoms with Crippen molar-refractivity contribution < 1.29 is 4.79 Å². The molecule has 0 atom stereocenters. The van der Waals surface area contributed by atoms with Gasteiger partial charge in [-0.1, -0.05) is 6.07 Å². The number of amides is 1. The van der Waals surface area contributed by atoms with E-state index in [0.717, 1.165) is 41.7 Å². The molecule has 0 spiro atoms. The highest BCUT2D eigenvalue weighted by molar-refractivity contribution is 6.11. The molecule has 3 aromatic heterocycles. The van der Waals surface area contributed by atoms with Crippen LogP contribution in [0.5, 0.6) is 0 Å². The summed E-state index contributed by atoms with van der Waals surface area (Å²) in [6.45, 7) is 3.23. The van der Waals surface area contributed by atoms with E-state index in [1.165, 1.54) is 18.4 Å². The van der Waals surface area contributed by atoms with Crippen molar-refractivity contribution in [2.24, 2.45) is 0 Å². The maximum Gasteiger partial charge on any atom is 0.276 e. The molecule has 7 heteroatoms. The van der Waals surface area contributed by atoms with Crippen LogP contribution in [-0.2, 0) is 6.54 Å². The van der Waals surface area contributed by atoms with E-state index in [0.29, 0.717) is 11.4 Å². The van der Waals surface area contributed by atoms with Gasteiger partial charge in [-0.05, 0) is 67.4 Å². The topological polar surface area (TPSA) is 86.8 Å². The largest absolute Gasteiger partial charge is 0.319 e. The van der Waals surface area contributed by atoms with Gasteiger partial charge in [-0.15, -0.1) is 0 Å². The molecule has 4 heterocycles. The van der Waals surface area contributed by atoms with E-state index in [1.807, 2.05) is 30.6 Å². The maximum atomic E-state index is 12.7. The van der Waals surface area contributed by atoms with Crippen LogP contribution in [0.3, 0.4) is 0 Å². The first-order valence-electron chi connectivity index (χ1n) is 10.1. The first-order chi connectivity index (χ1) is 14.8. The van der Waals surface area contributed by atoms with Gasteiger partial charge >= 0.3 is 0 Å². The fourth-order valence-electron chi connectivity index (χ4n) is 3.92. The number of hydrogen-bond acceptors (Lipinski definition) is 5. The average Bonchev–Trinajstić information content (AvgIpc) is 3.44. The lowest BCUT2D eigenvalue weighted by molar-refractivity contribution is 0.102. The van der Waals surface area contributed by atoms with E-state index in [4.69, 9.17) is 0 Å². The van der Waals surface area contributed by atoms with Gasteiger partial charge in [-0.3, -0.25) is 24.8 Å². The summed E-state index contributed by atoms with van der Waals surface area (Å²) in [6.07, 6.45) is 9.62. The van der Waals surface area contributed by atoms with Gasteiger partial charge in [0.1, 0.15) is 0 Å². The second-order valence-electron chi connectivity index (χ2n) is 7.59. The van der Waals surface area contributed by atoms with Gasteiger partial charge < -0.3 is 5.32 Å². The zero-order chi connectivity index (χ0) is 20.3. The Hall–Kier alpha value is -3.58. The molecule has 30 heavy (non-hydrogen) atoms. The van der Waals surface area contributed by atoms with Crippen LogP contribution in [0.1, 0.15) is 28.9 Å². The summed E-state index contributed by atoms with van der Waals surface area (Å²) >= 11 is 0. The summed E-state index contributed by atoms with van der Waals surface area (Å²) in [6, 6.07) is 11.7. The molecule has 0 saturated carbocycles. The summed E-state index contributed by atoms with van der Waals surface area (Å²) < 4.78 is 0. The van der Waals surface area contributed by atoms with Crippen molar-refractivity contribution in [1.82, 2.24) is 25.1 Å². The lowest BCUT2D eigenvalue weighted by atomic mass is 10.0. The normalized spacial score (nSPS) is 14.3. The number of rotatable bonds is 5. The van der Waals surface area contributed by atoms with Crippen LogP contribution >= 0.6 is 0 Å². The number of pyridine rings is 2. The minimum absolute atomic E-state index is 0.271. The number of benzene rings is 1. The molecule has 4 aromatic rings. The number of nitrogens with zero attached hydrogens (tertiary/aromatic N) is 4. The van der Waals surface area contributed by atoms with E-state index in [2.05, 4.69) is 36.4 Å². The lowest BCUT2D eigenvalue weighted by Crippen LogP contribution is -2.18. The number of carbonyl (C=O) groups is 1. The van der Waals surface area contributed by atoms with E-state index >= 15 is 0 Å². The molecule has 1 aromatic carbocycles. The van der Waals surface area contributed by atoms with Crippen molar-refractivity contribution in [1.29, 1.82) is 0 Å². The van der Waals surface area contributed by atoms with Crippen LogP contribution in [0.15, 0.2) is 61.2 Å². The minimum atomic E-state index is -0.271. The van der Waals surface area contributed by atoms with Crippen molar-refractivity contribution in [2.45, 2.75) is 19.4 Å². The van der Waals surface area contributed by atoms with Crippen molar-refractivity contribution in [2.75, 3.05) is 18.4 Å². The number of aromatic nitrogens is 4. The van der Waals surface area contributed by atoms with E-state index < -0.39 is 0 Å². The highest BCUT2D eigenvalue weighted by Gasteiger charge is 2.16. The fourth-order valence-corrected chi connectivity index (χ4v) is 3.92. The van der Waals surface area contributed by atoms with Crippen LogP contribution < -0.4 is 5.32 Å². The molecule has 1 aliphatic heterocycles. The zero-order valence-electron chi connectivity index (χ0n) is 16.5. The first-order valence-corrected chi connectivity index (χ1v) is 10.1. The Morgan fingerprint density at radius 3 is 2.77 bits per heavy atom. The highest BCUT2D eigenvalue weighted by atomic mass is 16.1. The summed E-state index contributed by atoms with van der Waals surface area (Å²) in [5, 5.41) is 10.8.